The molecule has 0 aliphatic rings. The Bertz CT molecular complexity index is 1180. The summed E-state index contributed by atoms with van der Waals surface area (Å²) < 4.78 is 5.16. The Kier molecular flexibility index (Phi) is 5.86. The molecule has 0 unspecified atom stereocenters. The minimum Gasteiger partial charge on any atom is -0.451 e. The summed E-state index contributed by atoms with van der Waals surface area (Å²) in [7, 11) is 0. The van der Waals surface area contributed by atoms with Gasteiger partial charge in [-0.3, -0.25) is 4.79 Å². The third-order valence-corrected chi connectivity index (χ3v) is 5.63. The van der Waals surface area contributed by atoms with E-state index in [1.165, 1.54) is 11.3 Å². The molecule has 0 bridgehead atoms. The molecule has 0 fully saturated rings. The van der Waals surface area contributed by atoms with E-state index < -0.39 is 5.97 Å². The molecule has 1 aromatic heterocycles. The van der Waals surface area contributed by atoms with Crippen LogP contribution in [0.1, 0.15) is 29.0 Å². The number of benzene rings is 3. The summed E-state index contributed by atoms with van der Waals surface area (Å²) >= 11 is 1.36. The molecule has 1 N–H and O–H groups in total. The quantitative estimate of drug-likeness (QED) is 0.449. The molecule has 4 aromatic rings. The minimum atomic E-state index is -0.610. The van der Waals surface area contributed by atoms with Crippen molar-refractivity contribution >= 4 is 34.0 Å². The van der Waals surface area contributed by atoms with E-state index in [1.54, 1.807) is 5.38 Å². The number of nitrogens with one attached hydrogen (secondary N) is 1. The molecule has 1 heterocycles. The summed E-state index contributed by atoms with van der Waals surface area (Å²) in [6.45, 7) is 1.56. The molecule has 1 atom stereocenters. The van der Waals surface area contributed by atoms with Crippen molar-refractivity contribution in [1.29, 1.82) is 0 Å². The number of rotatable bonds is 6. The van der Waals surface area contributed by atoms with E-state index in [2.05, 4.69) is 10.3 Å². The lowest BCUT2D eigenvalue weighted by atomic mass is 10.00. The summed E-state index contributed by atoms with van der Waals surface area (Å²) in [6, 6.07) is 23.4. The molecule has 3 aromatic carbocycles. The lowest BCUT2D eigenvalue weighted by Gasteiger charge is -2.16. The topological polar surface area (TPSA) is 68.3 Å². The van der Waals surface area contributed by atoms with Crippen LogP contribution < -0.4 is 5.32 Å². The van der Waals surface area contributed by atoms with Crippen molar-refractivity contribution in [3.05, 3.63) is 89.4 Å². The first-order chi connectivity index (χ1) is 14.6. The molecule has 0 aliphatic heterocycles. The Balaban J connectivity index is 1.35. The number of carbonyl (C=O) groups excluding carboxylic acids is 2. The highest BCUT2D eigenvalue weighted by Gasteiger charge is 2.17. The van der Waals surface area contributed by atoms with Crippen LogP contribution in [0.25, 0.3) is 21.3 Å². The summed E-state index contributed by atoms with van der Waals surface area (Å²) in [6.07, 6.45) is 0. The zero-order valence-corrected chi connectivity index (χ0v) is 17.2. The smallest absolute Gasteiger partial charge is 0.358 e. The highest BCUT2D eigenvalue weighted by Crippen LogP contribution is 2.25. The fourth-order valence-electron chi connectivity index (χ4n) is 3.27. The highest BCUT2D eigenvalue weighted by atomic mass is 32.1. The Morgan fingerprint density at radius 2 is 1.73 bits per heavy atom. The zero-order chi connectivity index (χ0) is 20.9. The van der Waals surface area contributed by atoms with Gasteiger partial charge in [-0.15, -0.1) is 11.3 Å². The molecule has 6 heteroatoms. The third-order valence-electron chi connectivity index (χ3n) is 4.74. The van der Waals surface area contributed by atoms with Gasteiger partial charge in [-0.2, -0.15) is 0 Å². The van der Waals surface area contributed by atoms with Gasteiger partial charge in [0.2, 0.25) is 0 Å². The fraction of sp³-hybridized carbons (Fsp3) is 0.125. The standard InChI is InChI=1S/C24H20N2O3S/c1-16(19-13-7-11-17-8-5-6-12-20(17)19)25-22(27)14-29-24(28)21-15-30-23(26-21)18-9-3-2-4-10-18/h2-13,15-16H,14H2,1H3,(H,25,27)/t16-/m0/s1. The number of amides is 1. The van der Waals surface area contributed by atoms with Gasteiger partial charge < -0.3 is 10.1 Å². The van der Waals surface area contributed by atoms with E-state index in [4.69, 9.17) is 4.74 Å². The van der Waals surface area contributed by atoms with Gasteiger partial charge in [-0.25, -0.2) is 9.78 Å². The molecule has 150 valence electrons. The van der Waals surface area contributed by atoms with Crippen LogP contribution >= 0.6 is 11.3 Å². The monoisotopic (exact) mass is 416 g/mol. The molecule has 5 nitrogen and oxygen atoms in total. The average molecular weight is 417 g/mol. The van der Waals surface area contributed by atoms with Crippen LogP contribution in [0.4, 0.5) is 0 Å². The molecule has 1 amide bonds. The van der Waals surface area contributed by atoms with Crippen molar-refractivity contribution < 1.29 is 14.3 Å². The van der Waals surface area contributed by atoms with E-state index in [1.807, 2.05) is 79.7 Å². The van der Waals surface area contributed by atoms with Gasteiger partial charge in [0.25, 0.3) is 5.91 Å². The number of hydrogen-bond acceptors (Lipinski definition) is 5. The maximum absolute atomic E-state index is 12.3. The van der Waals surface area contributed by atoms with Gasteiger partial charge in [0.1, 0.15) is 5.01 Å². The molecule has 4 rings (SSSR count). The second-order valence-electron chi connectivity index (χ2n) is 6.84. The normalized spacial score (nSPS) is 11.8. The first kappa shape index (κ1) is 19.8. The first-order valence-corrected chi connectivity index (χ1v) is 10.4. The van der Waals surface area contributed by atoms with E-state index in [0.717, 1.165) is 26.9 Å². The lowest BCUT2D eigenvalue weighted by Crippen LogP contribution is -2.31. The lowest BCUT2D eigenvalue weighted by molar-refractivity contribution is -0.124. The number of esters is 1. The maximum Gasteiger partial charge on any atom is 0.358 e. The predicted octanol–water partition coefficient (Wildman–Crippen LogP) is 5.00. The SMILES string of the molecule is C[C@H](NC(=O)COC(=O)c1csc(-c2ccccc2)n1)c1cccc2ccccc12. The molecule has 0 saturated carbocycles. The van der Waals surface area contributed by atoms with Crippen LogP contribution in [0.2, 0.25) is 0 Å². The van der Waals surface area contributed by atoms with Crippen molar-refractivity contribution in [3.63, 3.8) is 0 Å². The number of hydrogen-bond donors (Lipinski definition) is 1. The second kappa shape index (κ2) is 8.88. The zero-order valence-electron chi connectivity index (χ0n) is 16.4. The molecule has 0 saturated heterocycles. The Morgan fingerprint density at radius 1 is 1.00 bits per heavy atom. The van der Waals surface area contributed by atoms with Crippen molar-refractivity contribution in [1.82, 2.24) is 10.3 Å². The van der Waals surface area contributed by atoms with Crippen molar-refractivity contribution in [2.75, 3.05) is 6.61 Å². The summed E-state index contributed by atoms with van der Waals surface area (Å²) in [5.74, 6) is -0.969. The van der Waals surface area contributed by atoms with Gasteiger partial charge in [0.15, 0.2) is 12.3 Å². The molecule has 0 radical (unpaired) electrons. The van der Waals surface area contributed by atoms with E-state index in [0.29, 0.717) is 0 Å². The van der Waals surface area contributed by atoms with Crippen LogP contribution in [-0.4, -0.2) is 23.5 Å². The van der Waals surface area contributed by atoms with Gasteiger partial charge in [-0.05, 0) is 23.3 Å². The average Bonchev–Trinajstić information content (AvgIpc) is 3.28. The van der Waals surface area contributed by atoms with Gasteiger partial charge in [-0.1, -0.05) is 72.8 Å². The van der Waals surface area contributed by atoms with Crippen LogP contribution in [0.5, 0.6) is 0 Å². The molecular weight excluding hydrogens is 396 g/mol. The van der Waals surface area contributed by atoms with Crippen molar-refractivity contribution in [2.24, 2.45) is 0 Å². The van der Waals surface area contributed by atoms with Crippen LogP contribution in [0, 0.1) is 0 Å². The van der Waals surface area contributed by atoms with Crippen LogP contribution in [0.3, 0.4) is 0 Å². The molecular formula is C24H20N2O3S. The number of nitrogens with zero attached hydrogens (tertiary/aromatic N) is 1. The van der Waals surface area contributed by atoms with E-state index >= 15 is 0 Å². The fourth-order valence-corrected chi connectivity index (χ4v) is 4.07. The molecule has 30 heavy (non-hydrogen) atoms. The van der Waals surface area contributed by atoms with Crippen molar-refractivity contribution in [3.8, 4) is 10.6 Å². The number of thiazole rings is 1. The Morgan fingerprint density at radius 3 is 2.57 bits per heavy atom. The third kappa shape index (κ3) is 4.39. The second-order valence-corrected chi connectivity index (χ2v) is 7.70. The summed E-state index contributed by atoms with van der Waals surface area (Å²) in [5.41, 5.74) is 2.15. The van der Waals surface area contributed by atoms with Crippen molar-refractivity contribution in [2.45, 2.75) is 13.0 Å². The predicted molar refractivity (Wildman–Crippen MR) is 118 cm³/mol. The number of aromatic nitrogens is 1. The highest BCUT2D eigenvalue weighted by molar-refractivity contribution is 7.13. The Labute approximate surface area is 178 Å². The van der Waals surface area contributed by atoms with Crippen LogP contribution in [0.15, 0.2) is 78.2 Å². The molecule has 0 aliphatic carbocycles. The number of ether oxygens (including phenoxy) is 1. The van der Waals surface area contributed by atoms with Crippen LogP contribution in [-0.2, 0) is 9.53 Å². The molecule has 0 spiro atoms. The number of fused-ring (bicyclic) bond motifs is 1. The minimum absolute atomic E-state index is 0.203. The first-order valence-electron chi connectivity index (χ1n) is 9.57. The number of carbonyl (C=O) groups is 2. The van der Waals surface area contributed by atoms with E-state index in [-0.39, 0.29) is 24.2 Å². The van der Waals surface area contributed by atoms with Gasteiger partial charge >= 0.3 is 5.97 Å². The largest absolute Gasteiger partial charge is 0.451 e. The summed E-state index contributed by atoms with van der Waals surface area (Å²) in [5, 5.41) is 7.46. The van der Waals surface area contributed by atoms with Gasteiger partial charge in [0, 0.05) is 10.9 Å². The Hall–Kier alpha value is -3.51. The summed E-state index contributed by atoms with van der Waals surface area (Å²) in [4.78, 5) is 28.9. The van der Waals surface area contributed by atoms with Gasteiger partial charge in [0.05, 0.1) is 6.04 Å². The van der Waals surface area contributed by atoms with E-state index in [9.17, 15) is 9.59 Å². The maximum atomic E-state index is 12.3.